The van der Waals surface area contributed by atoms with Crippen LogP contribution < -0.4 is 5.32 Å². The molecule has 0 aliphatic heterocycles. The first kappa shape index (κ1) is 10.9. The normalized spacial score (nSPS) is 13.9. The predicted molar refractivity (Wildman–Crippen MR) is 50.9 cm³/mol. The second-order valence-electron chi connectivity index (χ2n) is 3.13. The minimum absolute atomic E-state index is 0.659. The molecule has 1 atom stereocenters. The monoisotopic (exact) mass is 158 g/mol. The van der Waals surface area contributed by atoms with Gasteiger partial charge in [0.1, 0.15) is 0 Å². The van der Waals surface area contributed by atoms with Crippen LogP contribution in [-0.4, -0.2) is 37.6 Å². The fourth-order valence-corrected chi connectivity index (χ4v) is 0.955. The van der Waals surface area contributed by atoms with Crippen LogP contribution in [0, 0.1) is 0 Å². The molecule has 0 fully saturated rings. The van der Waals surface area contributed by atoms with Crippen molar-refractivity contribution in [1.82, 2.24) is 10.2 Å². The Bertz CT molecular complexity index is 83.6. The topological polar surface area (TPSA) is 15.3 Å². The number of nitrogens with zero attached hydrogens (tertiary/aromatic N) is 1. The molecule has 68 valence electrons. The van der Waals surface area contributed by atoms with Crippen LogP contribution >= 0.6 is 0 Å². The first-order valence-corrected chi connectivity index (χ1v) is 4.63. The zero-order valence-electron chi connectivity index (χ0n) is 8.35. The third-order valence-corrected chi connectivity index (χ3v) is 2.12. The lowest BCUT2D eigenvalue weighted by molar-refractivity contribution is 0.264. The van der Waals surface area contributed by atoms with Gasteiger partial charge in [-0.25, -0.2) is 0 Å². The fraction of sp³-hybridized carbons (Fsp3) is 1.00. The molecule has 0 aliphatic carbocycles. The highest BCUT2D eigenvalue weighted by Crippen LogP contribution is 1.91. The third-order valence-electron chi connectivity index (χ3n) is 2.12. The smallest absolute Gasteiger partial charge is 0.0189 e. The Morgan fingerprint density at radius 3 is 2.45 bits per heavy atom. The minimum atomic E-state index is 0.659. The number of nitrogens with one attached hydrogen (secondary N) is 1. The summed E-state index contributed by atoms with van der Waals surface area (Å²) in [5, 5.41) is 3.41. The van der Waals surface area contributed by atoms with Crippen molar-refractivity contribution >= 4 is 0 Å². The lowest BCUT2D eigenvalue weighted by Crippen LogP contribution is -2.37. The molecule has 0 saturated heterocycles. The Morgan fingerprint density at radius 1 is 1.36 bits per heavy atom. The van der Waals surface area contributed by atoms with Crippen molar-refractivity contribution in [2.45, 2.75) is 33.2 Å². The van der Waals surface area contributed by atoms with Crippen LogP contribution in [0.1, 0.15) is 27.2 Å². The van der Waals surface area contributed by atoms with Gasteiger partial charge in [0, 0.05) is 12.6 Å². The van der Waals surface area contributed by atoms with Crippen molar-refractivity contribution in [3.63, 3.8) is 0 Å². The van der Waals surface area contributed by atoms with Crippen LogP contribution in [0.4, 0.5) is 0 Å². The highest BCUT2D eigenvalue weighted by atomic mass is 15.1. The lowest BCUT2D eigenvalue weighted by atomic mass is 10.3. The van der Waals surface area contributed by atoms with Crippen molar-refractivity contribution in [1.29, 1.82) is 0 Å². The average Bonchev–Trinajstić information content (AvgIpc) is 2.03. The van der Waals surface area contributed by atoms with E-state index >= 15 is 0 Å². The Hall–Kier alpha value is -0.0800. The molecule has 0 aliphatic rings. The van der Waals surface area contributed by atoms with E-state index in [9.17, 15) is 0 Å². The Balaban J connectivity index is 3.28. The van der Waals surface area contributed by atoms with E-state index in [1.165, 1.54) is 6.42 Å². The van der Waals surface area contributed by atoms with Gasteiger partial charge in [-0.3, -0.25) is 0 Å². The van der Waals surface area contributed by atoms with Crippen molar-refractivity contribution < 1.29 is 0 Å². The van der Waals surface area contributed by atoms with Crippen LogP contribution in [0.5, 0.6) is 0 Å². The van der Waals surface area contributed by atoms with E-state index in [0.29, 0.717) is 6.04 Å². The van der Waals surface area contributed by atoms with Gasteiger partial charge in [0.25, 0.3) is 0 Å². The molecule has 1 unspecified atom stereocenters. The van der Waals surface area contributed by atoms with E-state index in [0.717, 1.165) is 19.6 Å². The van der Waals surface area contributed by atoms with Crippen LogP contribution in [-0.2, 0) is 0 Å². The summed E-state index contributed by atoms with van der Waals surface area (Å²) in [6, 6.07) is 0.659. The summed E-state index contributed by atoms with van der Waals surface area (Å²) in [4.78, 5) is 2.35. The molecule has 0 bridgehead atoms. The molecular weight excluding hydrogens is 136 g/mol. The quantitative estimate of drug-likeness (QED) is 0.587. The summed E-state index contributed by atoms with van der Waals surface area (Å²) in [5.41, 5.74) is 0. The first-order chi connectivity index (χ1) is 5.22. The van der Waals surface area contributed by atoms with E-state index in [1.807, 2.05) is 0 Å². The lowest BCUT2D eigenvalue weighted by Gasteiger charge is -2.23. The Morgan fingerprint density at radius 2 is 2.00 bits per heavy atom. The minimum Gasteiger partial charge on any atom is -0.315 e. The number of likely N-dealkylation sites (N-methyl/N-ethyl adjacent to an activating group) is 1. The van der Waals surface area contributed by atoms with Gasteiger partial charge in [-0.1, -0.05) is 13.8 Å². The molecule has 0 aromatic carbocycles. The van der Waals surface area contributed by atoms with Gasteiger partial charge in [0.05, 0.1) is 0 Å². The SMILES string of the molecule is CCCNCC(C)N(C)CC. The fourth-order valence-electron chi connectivity index (χ4n) is 0.955. The van der Waals surface area contributed by atoms with Crippen molar-refractivity contribution in [3.8, 4) is 0 Å². The molecule has 2 heteroatoms. The van der Waals surface area contributed by atoms with Crippen LogP contribution in [0.3, 0.4) is 0 Å². The predicted octanol–water partition coefficient (Wildman–Crippen LogP) is 1.33. The maximum atomic E-state index is 3.41. The van der Waals surface area contributed by atoms with Crippen molar-refractivity contribution in [2.75, 3.05) is 26.7 Å². The van der Waals surface area contributed by atoms with Gasteiger partial charge in [-0.15, -0.1) is 0 Å². The molecule has 1 N–H and O–H groups in total. The van der Waals surface area contributed by atoms with Gasteiger partial charge in [0.15, 0.2) is 0 Å². The van der Waals surface area contributed by atoms with Gasteiger partial charge in [-0.05, 0) is 33.5 Å². The summed E-state index contributed by atoms with van der Waals surface area (Å²) in [5.74, 6) is 0. The van der Waals surface area contributed by atoms with Gasteiger partial charge in [-0.2, -0.15) is 0 Å². The molecular formula is C9H22N2. The van der Waals surface area contributed by atoms with E-state index < -0.39 is 0 Å². The zero-order chi connectivity index (χ0) is 8.69. The Kier molecular flexibility index (Phi) is 6.57. The molecule has 0 rings (SSSR count). The third kappa shape index (κ3) is 5.22. The molecule has 0 heterocycles. The van der Waals surface area contributed by atoms with E-state index in [1.54, 1.807) is 0 Å². The van der Waals surface area contributed by atoms with Crippen LogP contribution in [0.15, 0.2) is 0 Å². The summed E-state index contributed by atoms with van der Waals surface area (Å²) in [6.45, 7) is 10.0. The van der Waals surface area contributed by atoms with Gasteiger partial charge >= 0.3 is 0 Å². The standard InChI is InChI=1S/C9H22N2/c1-5-7-10-8-9(3)11(4)6-2/h9-10H,5-8H2,1-4H3. The number of hydrogen-bond acceptors (Lipinski definition) is 2. The largest absolute Gasteiger partial charge is 0.315 e. The van der Waals surface area contributed by atoms with Gasteiger partial charge in [0.2, 0.25) is 0 Å². The Labute approximate surface area is 71.0 Å². The van der Waals surface area contributed by atoms with Crippen molar-refractivity contribution in [2.24, 2.45) is 0 Å². The molecule has 0 saturated carbocycles. The van der Waals surface area contributed by atoms with Crippen LogP contribution in [0.2, 0.25) is 0 Å². The molecule has 0 amide bonds. The highest BCUT2D eigenvalue weighted by molar-refractivity contribution is 4.64. The van der Waals surface area contributed by atoms with E-state index in [2.05, 4.69) is 38.0 Å². The molecule has 0 aromatic heterocycles. The number of rotatable bonds is 6. The molecule has 0 aromatic rings. The average molecular weight is 158 g/mol. The van der Waals surface area contributed by atoms with Crippen molar-refractivity contribution in [3.05, 3.63) is 0 Å². The van der Waals surface area contributed by atoms with Gasteiger partial charge < -0.3 is 10.2 Å². The second-order valence-corrected chi connectivity index (χ2v) is 3.13. The highest BCUT2D eigenvalue weighted by Gasteiger charge is 2.04. The molecule has 0 radical (unpaired) electrons. The first-order valence-electron chi connectivity index (χ1n) is 4.63. The summed E-state index contributed by atoms with van der Waals surface area (Å²) < 4.78 is 0. The van der Waals surface area contributed by atoms with E-state index in [4.69, 9.17) is 0 Å². The maximum Gasteiger partial charge on any atom is 0.0189 e. The van der Waals surface area contributed by atoms with E-state index in [-0.39, 0.29) is 0 Å². The molecule has 0 spiro atoms. The maximum absolute atomic E-state index is 3.41. The zero-order valence-corrected chi connectivity index (χ0v) is 8.35. The molecule has 11 heavy (non-hydrogen) atoms. The summed E-state index contributed by atoms with van der Waals surface area (Å²) >= 11 is 0. The van der Waals surface area contributed by atoms with Crippen LogP contribution in [0.25, 0.3) is 0 Å². The summed E-state index contributed by atoms with van der Waals surface area (Å²) in [6.07, 6.45) is 1.22. The number of hydrogen-bond donors (Lipinski definition) is 1. The summed E-state index contributed by atoms with van der Waals surface area (Å²) in [7, 11) is 2.16. The second kappa shape index (κ2) is 6.62. The molecule has 2 nitrogen and oxygen atoms in total.